The van der Waals surface area contributed by atoms with E-state index < -0.39 is 10.8 Å². The topological polar surface area (TPSA) is 24.4 Å². The van der Waals surface area contributed by atoms with Gasteiger partial charge in [-0.25, -0.2) is 0 Å². The summed E-state index contributed by atoms with van der Waals surface area (Å²) in [5, 5.41) is 8.54. The third kappa shape index (κ3) is 6.73. The van der Waals surface area contributed by atoms with Gasteiger partial charge in [-0.05, 0) is 163 Å². The van der Waals surface area contributed by atoms with E-state index >= 15 is 0 Å². The molecule has 12 aromatic rings. The van der Waals surface area contributed by atoms with Gasteiger partial charge in [-0.3, -0.25) is 4.99 Å². The number of rotatable bonds is 8. The number of fused-ring (bicyclic) bond motifs is 18. The van der Waals surface area contributed by atoms with Crippen LogP contribution in [0.5, 0.6) is 0 Å². The van der Waals surface area contributed by atoms with E-state index in [1.54, 1.807) is 0 Å². The Hall–Kier alpha value is -10.4. The summed E-state index contributed by atoms with van der Waals surface area (Å²) < 4.78 is 0. The van der Waals surface area contributed by atoms with Gasteiger partial charge in [-0.1, -0.05) is 280 Å². The Morgan fingerprint density at radius 3 is 1.29 bits per heavy atom. The van der Waals surface area contributed by atoms with Crippen LogP contribution in [0.3, 0.4) is 0 Å². The van der Waals surface area contributed by atoms with Gasteiger partial charge in [0.25, 0.3) is 0 Å². The van der Waals surface area contributed by atoms with Crippen LogP contribution in [0.4, 0.5) is 0 Å². The van der Waals surface area contributed by atoms with Crippen molar-refractivity contribution in [2.45, 2.75) is 17.0 Å². The summed E-state index contributed by atoms with van der Waals surface area (Å²) in [5.41, 5.74) is 26.7. The van der Waals surface area contributed by atoms with Gasteiger partial charge < -0.3 is 5.32 Å². The highest BCUT2D eigenvalue weighted by atomic mass is 15.1. The number of nitrogens with one attached hydrogen (secondary N) is 1. The van der Waals surface area contributed by atoms with Crippen molar-refractivity contribution in [3.8, 4) is 55.6 Å². The first-order chi connectivity index (χ1) is 40.6. The van der Waals surface area contributed by atoms with Crippen molar-refractivity contribution in [2.75, 3.05) is 0 Å². The van der Waals surface area contributed by atoms with E-state index in [9.17, 15) is 0 Å². The zero-order chi connectivity index (χ0) is 54.5. The van der Waals surface area contributed by atoms with Crippen molar-refractivity contribution >= 4 is 27.3 Å². The van der Waals surface area contributed by atoms with E-state index in [4.69, 9.17) is 4.99 Å². The molecule has 16 rings (SSSR count). The molecule has 0 bridgehead atoms. The molecule has 1 N–H and O–H groups in total. The van der Waals surface area contributed by atoms with Gasteiger partial charge in [0.1, 0.15) is 6.17 Å². The van der Waals surface area contributed by atoms with Gasteiger partial charge in [0.2, 0.25) is 0 Å². The highest BCUT2D eigenvalue weighted by molar-refractivity contribution is 6.22. The van der Waals surface area contributed by atoms with Crippen molar-refractivity contribution in [1.29, 1.82) is 0 Å². The van der Waals surface area contributed by atoms with Gasteiger partial charge in [0, 0.05) is 5.70 Å². The molecule has 82 heavy (non-hydrogen) atoms. The third-order valence-corrected chi connectivity index (χ3v) is 18.1. The average Bonchev–Trinajstić information content (AvgIpc) is 2.04. The fourth-order valence-corrected chi connectivity index (χ4v) is 14.9. The normalized spacial score (nSPS) is 15.6. The number of nitrogens with zero attached hydrogens (tertiary/aromatic N) is 1. The molecule has 2 nitrogen and oxygen atoms in total. The van der Waals surface area contributed by atoms with E-state index in [1.807, 2.05) is 24.3 Å². The average molecular weight is 1040 g/mol. The minimum atomic E-state index is -0.599. The van der Waals surface area contributed by atoms with E-state index in [1.165, 1.54) is 116 Å². The smallest absolute Gasteiger partial charge is 0.145 e. The van der Waals surface area contributed by atoms with Gasteiger partial charge in [0.05, 0.1) is 16.5 Å². The molecule has 2 heteroatoms. The lowest BCUT2D eigenvalue weighted by molar-refractivity contribution is 0.627. The Morgan fingerprint density at radius 1 is 0.366 bits per heavy atom. The second-order valence-electron chi connectivity index (χ2n) is 22.1. The second kappa shape index (κ2) is 18.6. The van der Waals surface area contributed by atoms with Crippen LogP contribution in [0.15, 0.2) is 321 Å². The molecule has 3 aliphatic carbocycles. The van der Waals surface area contributed by atoms with Crippen LogP contribution >= 0.6 is 0 Å². The van der Waals surface area contributed by atoms with E-state index in [0.29, 0.717) is 0 Å². The maximum atomic E-state index is 5.42. The molecule has 4 aliphatic rings. The summed E-state index contributed by atoms with van der Waals surface area (Å²) in [4.78, 5) is 5.42. The first-order valence-corrected chi connectivity index (χ1v) is 28.4. The largest absolute Gasteiger partial charge is 0.360 e. The summed E-state index contributed by atoms with van der Waals surface area (Å²) >= 11 is 0. The van der Waals surface area contributed by atoms with Crippen molar-refractivity contribution in [1.82, 2.24) is 5.32 Å². The molecule has 1 heterocycles. The van der Waals surface area contributed by atoms with E-state index in [0.717, 1.165) is 33.7 Å². The molecule has 1 atom stereocenters. The molecule has 0 fully saturated rings. The molecule has 0 saturated carbocycles. The number of aliphatic imine (C=N–C) groups is 1. The van der Waals surface area contributed by atoms with Crippen LogP contribution in [0.2, 0.25) is 0 Å². The highest BCUT2D eigenvalue weighted by Gasteiger charge is 2.59. The summed E-state index contributed by atoms with van der Waals surface area (Å²) in [5.74, 6) is 0. The highest BCUT2D eigenvalue weighted by Crippen LogP contribution is 2.67. The summed E-state index contributed by atoms with van der Waals surface area (Å²) in [6, 6.07) is 100. The predicted octanol–water partition coefficient (Wildman–Crippen LogP) is 19.3. The van der Waals surface area contributed by atoms with Crippen LogP contribution in [-0.4, -0.2) is 5.71 Å². The monoisotopic (exact) mass is 1040 g/mol. The number of allylic oxidation sites excluding steroid dienone is 4. The predicted molar refractivity (Wildman–Crippen MR) is 341 cm³/mol. The van der Waals surface area contributed by atoms with Gasteiger partial charge in [-0.2, -0.15) is 0 Å². The summed E-state index contributed by atoms with van der Waals surface area (Å²) in [7, 11) is 0. The maximum absolute atomic E-state index is 5.42. The van der Waals surface area contributed by atoms with E-state index in [-0.39, 0.29) is 6.17 Å². The van der Waals surface area contributed by atoms with Crippen molar-refractivity contribution in [3.05, 3.63) is 371 Å². The molecule has 0 amide bonds. The third-order valence-electron chi connectivity index (χ3n) is 18.1. The lowest BCUT2D eigenvalue weighted by atomic mass is 9.52. The van der Waals surface area contributed by atoms with Crippen LogP contribution in [0.1, 0.15) is 61.8 Å². The standard InChI is InChI=1S/C80H54N2/c1-3-24-51(4-2)74-50-75(52-25-8-5-9-26-52)82-78(81-74)57-43-46-63-65(48-57)77(54-29-12-7-13-30-54)62-45-42-55(47-64(62)76(63)53-27-10-6-11-28-53)56-41-44-61-60-33-16-19-36-68(60)80(73(61)49-56)71-39-22-20-37-69(71)79(70-38-21-23-40-72(70)80)66-34-17-14-31-58(66)59-32-15-18-35-67(59)79/h3-50,78,81H,1-2H2/b51-24+. The zero-order valence-electron chi connectivity index (χ0n) is 45.2. The fourth-order valence-electron chi connectivity index (χ4n) is 14.9. The Bertz CT molecular complexity index is 4650. The van der Waals surface area contributed by atoms with Crippen molar-refractivity contribution in [3.63, 3.8) is 0 Å². The molecule has 12 aromatic carbocycles. The van der Waals surface area contributed by atoms with Crippen LogP contribution in [-0.2, 0) is 10.8 Å². The Kier molecular flexibility index (Phi) is 10.8. The first-order valence-electron chi connectivity index (χ1n) is 28.4. The second-order valence-corrected chi connectivity index (χ2v) is 22.1. The fraction of sp³-hybridized carbons (Fsp3) is 0.0375. The molecule has 1 unspecified atom stereocenters. The Balaban J connectivity index is 0.923. The molecule has 0 aromatic heterocycles. The van der Waals surface area contributed by atoms with Crippen LogP contribution in [0, 0.1) is 0 Å². The number of hydrogen-bond acceptors (Lipinski definition) is 2. The molecule has 384 valence electrons. The first kappa shape index (κ1) is 47.6. The van der Waals surface area contributed by atoms with Gasteiger partial charge in [0.15, 0.2) is 0 Å². The SMILES string of the molecule is C=C/C=C(\C=C)C1=CC(c2ccccc2)=NC(c2ccc3c(-c4ccccc4)c4cc(-c5ccc6c(c5)C5(c7ccccc7-6)c6ccccc6C6(c7ccccc7-c7ccccc76)c6ccccc65)ccc4c(-c4ccccc4)c3c2)N1. The summed E-state index contributed by atoms with van der Waals surface area (Å²) in [6.07, 6.45) is 7.43. The van der Waals surface area contributed by atoms with Gasteiger partial charge in [-0.15, -0.1) is 0 Å². The lowest BCUT2D eigenvalue weighted by Crippen LogP contribution is -2.43. The summed E-state index contributed by atoms with van der Waals surface area (Å²) in [6.45, 7) is 8.20. The molecular weight excluding hydrogens is 989 g/mol. The van der Waals surface area contributed by atoms with Crippen molar-refractivity contribution in [2.24, 2.45) is 4.99 Å². The minimum absolute atomic E-state index is 0.373. The number of hydrogen-bond donors (Lipinski definition) is 1. The maximum Gasteiger partial charge on any atom is 0.145 e. The molecular formula is C80H54N2. The quantitative estimate of drug-likeness (QED) is 0.119. The van der Waals surface area contributed by atoms with Crippen molar-refractivity contribution < 1.29 is 0 Å². The van der Waals surface area contributed by atoms with Crippen LogP contribution < -0.4 is 5.32 Å². The molecule has 1 aliphatic heterocycles. The van der Waals surface area contributed by atoms with Gasteiger partial charge >= 0.3 is 0 Å². The lowest BCUT2D eigenvalue weighted by Gasteiger charge is -2.48. The Morgan fingerprint density at radius 2 is 0.780 bits per heavy atom. The number of benzene rings is 12. The molecule has 2 spiro atoms. The molecule has 0 radical (unpaired) electrons. The molecule has 0 saturated heterocycles. The van der Waals surface area contributed by atoms with E-state index in [2.05, 4.69) is 285 Å². The minimum Gasteiger partial charge on any atom is -0.360 e. The van der Waals surface area contributed by atoms with Crippen LogP contribution in [0.25, 0.3) is 77.2 Å². The zero-order valence-corrected chi connectivity index (χ0v) is 45.2. The Labute approximate surface area is 478 Å².